The molecule has 0 bridgehead atoms. The van der Waals surface area contributed by atoms with Crippen LogP contribution in [-0.4, -0.2) is 55.8 Å². The normalized spacial score (nSPS) is 14.1. The van der Waals surface area contributed by atoms with Gasteiger partial charge in [-0.3, -0.25) is 4.79 Å². The van der Waals surface area contributed by atoms with Crippen LogP contribution in [0.2, 0.25) is 0 Å². The van der Waals surface area contributed by atoms with Crippen LogP contribution in [0.15, 0.2) is 24.3 Å². The van der Waals surface area contributed by atoms with E-state index in [2.05, 4.69) is 5.32 Å². The number of likely N-dealkylation sites (N-methyl/N-ethyl adjacent to an activating group) is 1. The van der Waals surface area contributed by atoms with Crippen LogP contribution in [0.25, 0.3) is 0 Å². The van der Waals surface area contributed by atoms with Crippen molar-refractivity contribution in [2.24, 2.45) is 0 Å². The van der Waals surface area contributed by atoms with E-state index in [0.717, 1.165) is 5.56 Å². The van der Waals surface area contributed by atoms with Gasteiger partial charge in [-0.05, 0) is 38.7 Å². The number of carbonyl (C=O) groups is 1. The number of carbonyl (C=O) groups excluding carboxylic acids is 1. The third kappa shape index (κ3) is 5.69. The maximum absolute atomic E-state index is 12.1. The van der Waals surface area contributed by atoms with Crippen LogP contribution in [0.4, 0.5) is 0 Å². The molecule has 0 aliphatic rings. The Hall–Kier alpha value is -1.43. The van der Waals surface area contributed by atoms with Crippen LogP contribution >= 0.6 is 0 Å². The molecule has 0 radical (unpaired) electrons. The molecule has 0 saturated heterocycles. The summed E-state index contributed by atoms with van der Waals surface area (Å²) in [5.41, 5.74) is 0.559. The molecule has 112 valence electrons. The van der Waals surface area contributed by atoms with Gasteiger partial charge in [-0.15, -0.1) is 0 Å². The van der Waals surface area contributed by atoms with E-state index >= 15 is 0 Å². The summed E-state index contributed by atoms with van der Waals surface area (Å²) in [7, 11) is 5.38. The summed E-state index contributed by atoms with van der Waals surface area (Å²) < 4.78 is 5.04. The molecule has 1 aromatic rings. The molecule has 1 unspecified atom stereocenters. The highest BCUT2D eigenvalue weighted by molar-refractivity contribution is 5.94. The summed E-state index contributed by atoms with van der Waals surface area (Å²) in [5, 5.41) is 12.9. The molecule has 0 aliphatic heterocycles. The van der Waals surface area contributed by atoms with Gasteiger partial charge in [0.15, 0.2) is 0 Å². The Morgan fingerprint density at radius 1 is 1.45 bits per heavy atom. The number of ether oxygens (including phenoxy) is 1. The molecule has 0 heterocycles. The van der Waals surface area contributed by atoms with Crippen molar-refractivity contribution in [1.82, 2.24) is 10.2 Å². The first-order valence-electron chi connectivity index (χ1n) is 6.57. The SMILES string of the molecule is COCc1cccc(C(=O)NCC(C)(O)CN(C)C)c1. The van der Waals surface area contributed by atoms with Gasteiger partial charge in [0.2, 0.25) is 0 Å². The van der Waals surface area contributed by atoms with Crippen molar-refractivity contribution >= 4 is 5.91 Å². The van der Waals surface area contributed by atoms with Crippen molar-refractivity contribution in [3.63, 3.8) is 0 Å². The molecule has 1 aromatic carbocycles. The van der Waals surface area contributed by atoms with E-state index in [4.69, 9.17) is 4.74 Å². The zero-order valence-corrected chi connectivity index (χ0v) is 12.6. The maximum atomic E-state index is 12.1. The van der Waals surface area contributed by atoms with E-state index in [1.54, 1.807) is 26.2 Å². The predicted molar refractivity (Wildman–Crippen MR) is 78.7 cm³/mol. The number of aliphatic hydroxyl groups is 1. The summed E-state index contributed by atoms with van der Waals surface area (Å²) in [6.45, 7) is 2.86. The van der Waals surface area contributed by atoms with Gasteiger partial charge in [-0.25, -0.2) is 0 Å². The van der Waals surface area contributed by atoms with Gasteiger partial charge >= 0.3 is 0 Å². The quantitative estimate of drug-likeness (QED) is 0.778. The number of nitrogens with one attached hydrogen (secondary N) is 1. The van der Waals surface area contributed by atoms with Gasteiger partial charge in [0, 0.05) is 25.8 Å². The lowest BCUT2D eigenvalue weighted by atomic mass is 10.1. The van der Waals surface area contributed by atoms with Crippen LogP contribution < -0.4 is 5.32 Å². The fraction of sp³-hybridized carbons (Fsp3) is 0.533. The first-order valence-corrected chi connectivity index (χ1v) is 6.57. The average Bonchev–Trinajstić information content (AvgIpc) is 2.35. The van der Waals surface area contributed by atoms with Crippen LogP contribution in [-0.2, 0) is 11.3 Å². The Kier molecular flexibility index (Phi) is 6.13. The third-order valence-electron chi connectivity index (χ3n) is 2.79. The highest BCUT2D eigenvalue weighted by atomic mass is 16.5. The van der Waals surface area contributed by atoms with Crippen LogP contribution in [0.5, 0.6) is 0 Å². The number of nitrogens with zero attached hydrogens (tertiary/aromatic N) is 1. The highest BCUT2D eigenvalue weighted by Crippen LogP contribution is 2.08. The number of methoxy groups -OCH3 is 1. The number of benzene rings is 1. The fourth-order valence-corrected chi connectivity index (χ4v) is 2.08. The highest BCUT2D eigenvalue weighted by Gasteiger charge is 2.22. The zero-order valence-electron chi connectivity index (χ0n) is 12.6. The summed E-state index contributed by atoms with van der Waals surface area (Å²) in [6, 6.07) is 7.26. The Bertz CT molecular complexity index is 444. The van der Waals surface area contributed by atoms with Crippen molar-refractivity contribution in [3.05, 3.63) is 35.4 Å². The van der Waals surface area contributed by atoms with Crippen molar-refractivity contribution in [1.29, 1.82) is 0 Å². The van der Waals surface area contributed by atoms with Gasteiger partial charge in [-0.2, -0.15) is 0 Å². The molecular weight excluding hydrogens is 256 g/mol. The Morgan fingerprint density at radius 3 is 2.75 bits per heavy atom. The van der Waals surface area contributed by atoms with E-state index in [0.29, 0.717) is 18.7 Å². The van der Waals surface area contributed by atoms with Crippen molar-refractivity contribution in [3.8, 4) is 0 Å². The molecule has 0 aliphatic carbocycles. The summed E-state index contributed by atoms with van der Waals surface area (Å²) in [6.07, 6.45) is 0. The fourth-order valence-electron chi connectivity index (χ4n) is 2.08. The lowest BCUT2D eigenvalue weighted by Gasteiger charge is -2.27. The van der Waals surface area contributed by atoms with E-state index < -0.39 is 5.60 Å². The second-order valence-corrected chi connectivity index (χ2v) is 5.55. The van der Waals surface area contributed by atoms with Gasteiger partial charge in [-0.1, -0.05) is 12.1 Å². The predicted octanol–water partition coefficient (Wildman–Crippen LogP) is 0.875. The molecule has 5 heteroatoms. The maximum Gasteiger partial charge on any atom is 0.251 e. The number of rotatable bonds is 7. The van der Waals surface area contributed by atoms with Crippen LogP contribution in [0.3, 0.4) is 0 Å². The van der Waals surface area contributed by atoms with Crippen molar-refractivity contribution in [2.75, 3.05) is 34.3 Å². The van der Waals surface area contributed by atoms with Gasteiger partial charge < -0.3 is 20.1 Å². The molecular formula is C15H24N2O3. The van der Waals surface area contributed by atoms with E-state index in [-0.39, 0.29) is 12.5 Å². The number of hydrogen-bond acceptors (Lipinski definition) is 4. The topological polar surface area (TPSA) is 61.8 Å². The second-order valence-electron chi connectivity index (χ2n) is 5.55. The third-order valence-corrected chi connectivity index (χ3v) is 2.79. The summed E-state index contributed by atoms with van der Waals surface area (Å²) in [4.78, 5) is 13.9. The van der Waals surface area contributed by atoms with Gasteiger partial charge in [0.05, 0.1) is 12.2 Å². The van der Waals surface area contributed by atoms with Crippen LogP contribution in [0, 0.1) is 0 Å². The Balaban J connectivity index is 2.60. The van der Waals surface area contributed by atoms with Crippen molar-refractivity contribution < 1.29 is 14.6 Å². The molecule has 20 heavy (non-hydrogen) atoms. The molecule has 0 spiro atoms. The minimum atomic E-state index is -0.955. The first kappa shape index (κ1) is 16.6. The van der Waals surface area contributed by atoms with Crippen LogP contribution in [0.1, 0.15) is 22.8 Å². The lowest BCUT2D eigenvalue weighted by molar-refractivity contribution is 0.0326. The monoisotopic (exact) mass is 280 g/mol. The number of amides is 1. The standard InChI is InChI=1S/C15H24N2O3/c1-15(19,11-17(2)3)10-16-14(18)13-7-5-6-12(8-13)9-20-4/h5-8,19H,9-11H2,1-4H3,(H,16,18). The Morgan fingerprint density at radius 2 is 2.15 bits per heavy atom. The smallest absolute Gasteiger partial charge is 0.251 e. The van der Waals surface area contributed by atoms with Gasteiger partial charge in [0.25, 0.3) is 5.91 Å². The first-order chi connectivity index (χ1) is 9.34. The molecule has 0 saturated carbocycles. The van der Waals surface area contributed by atoms with E-state index in [1.165, 1.54) is 0 Å². The Labute approximate surface area is 120 Å². The van der Waals surface area contributed by atoms with Crippen molar-refractivity contribution in [2.45, 2.75) is 19.1 Å². The summed E-state index contributed by atoms with van der Waals surface area (Å²) in [5.74, 6) is -0.193. The number of hydrogen-bond donors (Lipinski definition) is 2. The van der Waals surface area contributed by atoms with Gasteiger partial charge in [0.1, 0.15) is 0 Å². The molecule has 0 fully saturated rings. The molecule has 2 N–H and O–H groups in total. The minimum Gasteiger partial charge on any atom is -0.387 e. The molecule has 1 atom stereocenters. The molecule has 1 rings (SSSR count). The van der Waals surface area contributed by atoms with E-state index in [1.807, 2.05) is 31.1 Å². The largest absolute Gasteiger partial charge is 0.387 e. The molecule has 1 amide bonds. The lowest BCUT2D eigenvalue weighted by Crippen LogP contribution is -2.47. The second kappa shape index (κ2) is 7.38. The summed E-state index contributed by atoms with van der Waals surface area (Å²) >= 11 is 0. The average molecular weight is 280 g/mol. The zero-order chi connectivity index (χ0) is 15.2. The minimum absolute atomic E-state index is 0.193. The molecule has 0 aromatic heterocycles. The van der Waals surface area contributed by atoms with E-state index in [9.17, 15) is 9.90 Å². The molecule has 5 nitrogen and oxygen atoms in total.